The molecule has 4 rings (SSSR count). The highest BCUT2D eigenvalue weighted by Gasteiger charge is 2.21. The Bertz CT molecular complexity index is 843. The lowest BCUT2D eigenvalue weighted by molar-refractivity contribution is 0.396. The Kier molecular flexibility index (Phi) is 3.78. The first-order chi connectivity index (χ1) is 11.8. The zero-order chi connectivity index (χ0) is 16.4. The van der Waals surface area contributed by atoms with Gasteiger partial charge in [0.25, 0.3) is 0 Å². The highest BCUT2D eigenvalue weighted by Crippen LogP contribution is 2.24. The Balaban J connectivity index is 1.53. The number of ether oxygens (including phenoxy) is 1. The van der Waals surface area contributed by atoms with Crippen molar-refractivity contribution in [2.24, 2.45) is 0 Å². The highest BCUT2D eigenvalue weighted by atomic mass is 16.5. The smallest absolute Gasteiger partial charge is 0.218 e. The van der Waals surface area contributed by atoms with Crippen LogP contribution in [0.3, 0.4) is 0 Å². The van der Waals surface area contributed by atoms with Gasteiger partial charge in [0.05, 0.1) is 18.8 Å². The molecule has 122 valence electrons. The Labute approximate surface area is 139 Å². The van der Waals surface area contributed by atoms with E-state index in [1.807, 2.05) is 12.1 Å². The number of anilines is 2. The van der Waals surface area contributed by atoms with Gasteiger partial charge in [-0.25, -0.2) is 19.9 Å². The maximum atomic E-state index is 5.17. The van der Waals surface area contributed by atoms with Crippen molar-refractivity contribution < 1.29 is 4.74 Å². The first-order valence-corrected chi connectivity index (χ1v) is 7.76. The van der Waals surface area contributed by atoms with Gasteiger partial charge >= 0.3 is 0 Å². The number of hydrogen-bond donors (Lipinski definition) is 0. The van der Waals surface area contributed by atoms with Crippen molar-refractivity contribution in [3.63, 3.8) is 0 Å². The molecule has 0 atom stereocenters. The van der Waals surface area contributed by atoms with Crippen LogP contribution in [0.1, 0.15) is 0 Å². The summed E-state index contributed by atoms with van der Waals surface area (Å²) in [5, 5.41) is 1.03. The molecule has 8 heteroatoms. The zero-order valence-electron chi connectivity index (χ0n) is 13.3. The van der Waals surface area contributed by atoms with E-state index in [0.29, 0.717) is 5.88 Å². The van der Waals surface area contributed by atoms with Gasteiger partial charge in [-0.15, -0.1) is 0 Å². The van der Waals surface area contributed by atoms with E-state index < -0.39 is 0 Å². The average Bonchev–Trinajstić information content (AvgIpc) is 2.68. The van der Waals surface area contributed by atoms with E-state index in [1.165, 1.54) is 6.33 Å². The van der Waals surface area contributed by atoms with Gasteiger partial charge in [-0.1, -0.05) is 0 Å². The van der Waals surface area contributed by atoms with E-state index in [-0.39, 0.29) is 0 Å². The Morgan fingerprint density at radius 3 is 2.58 bits per heavy atom. The van der Waals surface area contributed by atoms with E-state index in [9.17, 15) is 0 Å². The number of methoxy groups -OCH3 is 1. The van der Waals surface area contributed by atoms with Gasteiger partial charge in [-0.05, 0) is 6.07 Å². The molecule has 0 aliphatic carbocycles. The van der Waals surface area contributed by atoms with Crippen LogP contribution >= 0.6 is 0 Å². The monoisotopic (exact) mass is 323 g/mol. The van der Waals surface area contributed by atoms with E-state index in [1.54, 1.807) is 25.8 Å². The number of nitrogens with zero attached hydrogens (tertiary/aromatic N) is 7. The standard InChI is InChI=1S/C16H17N7O/c1-24-15-8-14(19-11-20-15)22-4-6-23(7-5-22)16-12-2-3-17-9-13(12)18-10-21-16/h2-3,8-11H,4-7H2,1H3. The molecule has 0 aromatic carbocycles. The van der Waals surface area contributed by atoms with E-state index in [4.69, 9.17) is 4.74 Å². The summed E-state index contributed by atoms with van der Waals surface area (Å²) in [6.07, 6.45) is 6.68. The number of hydrogen-bond acceptors (Lipinski definition) is 8. The van der Waals surface area contributed by atoms with Crippen molar-refractivity contribution in [1.82, 2.24) is 24.9 Å². The minimum Gasteiger partial charge on any atom is -0.481 e. The molecule has 24 heavy (non-hydrogen) atoms. The summed E-state index contributed by atoms with van der Waals surface area (Å²) in [4.78, 5) is 25.8. The highest BCUT2D eigenvalue weighted by molar-refractivity contribution is 5.88. The minimum absolute atomic E-state index is 0.580. The molecule has 8 nitrogen and oxygen atoms in total. The Morgan fingerprint density at radius 2 is 1.75 bits per heavy atom. The molecule has 0 bridgehead atoms. The maximum absolute atomic E-state index is 5.17. The fourth-order valence-electron chi connectivity index (χ4n) is 2.91. The SMILES string of the molecule is COc1cc(N2CCN(c3ncnc4cnccc34)CC2)ncn1. The second kappa shape index (κ2) is 6.23. The molecule has 1 fully saturated rings. The van der Waals surface area contributed by atoms with Crippen molar-refractivity contribution >= 4 is 22.5 Å². The van der Waals surface area contributed by atoms with E-state index in [2.05, 4.69) is 34.7 Å². The molecule has 0 saturated carbocycles. The Morgan fingerprint density at radius 1 is 0.958 bits per heavy atom. The predicted molar refractivity (Wildman–Crippen MR) is 90.3 cm³/mol. The lowest BCUT2D eigenvalue weighted by Gasteiger charge is -2.36. The zero-order valence-corrected chi connectivity index (χ0v) is 13.3. The summed E-state index contributed by atoms with van der Waals surface area (Å²) in [5.41, 5.74) is 0.866. The topological polar surface area (TPSA) is 80.2 Å². The molecule has 3 aromatic rings. The molecule has 4 heterocycles. The van der Waals surface area contributed by atoms with Gasteiger partial charge in [-0.3, -0.25) is 4.98 Å². The lowest BCUT2D eigenvalue weighted by Crippen LogP contribution is -2.47. The van der Waals surface area contributed by atoms with Gasteiger partial charge in [0.2, 0.25) is 5.88 Å². The van der Waals surface area contributed by atoms with Gasteiger partial charge in [-0.2, -0.15) is 0 Å². The third-order valence-corrected chi connectivity index (χ3v) is 4.16. The van der Waals surface area contributed by atoms with Crippen molar-refractivity contribution in [2.45, 2.75) is 0 Å². The third-order valence-electron chi connectivity index (χ3n) is 4.16. The summed E-state index contributed by atoms with van der Waals surface area (Å²) in [5.74, 6) is 2.43. The molecule has 0 unspecified atom stereocenters. The van der Waals surface area contributed by atoms with Crippen LogP contribution in [0.25, 0.3) is 10.9 Å². The fraction of sp³-hybridized carbons (Fsp3) is 0.312. The summed E-state index contributed by atoms with van der Waals surface area (Å²) in [6.45, 7) is 3.44. The van der Waals surface area contributed by atoms with Crippen LogP contribution in [0.4, 0.5) is 11.6 Å². The molecule has 1 aliphatic heterocycles. The average molecular weight is 323 g/mol. The number of piperazine rings is 1. The van der Waals surface area contributed by atoms with Crippen molar-refractivity contribution in [1.29, 1.82) is 0 Å². The summed E-state index contributed by atoms with van der Waals surface area (Å²) in [6, 6.07) is 3.83. The van der Waals surface area contributed by atoms with Crippen LogP contribution in [-0.2, 0) is 0 Å². The van der Waals surface area contributed by atoms with Crippen LogP contribution in [0.15, 0.2) is 37.2 Å². The molecule has 3 aromatic heterocycles. The minimum atomic E-state index is 0.580. The van der Waals surface area contributed by atoms with Gasteiger partial charge in [0, 0.05) is 43.8 Å². The predicted octanol–water partition coefficient (Wildman–Crippen LogP) is 1.15. The van der Waals surface area contributed by atoms with Crippen molar-refractivity contribution in [3.05, 3.63) is 37.2 Å². The number of rotatable bonds is 3. The van der Waals surface area contributed by atoms with Crippen molar-refractivity contribution in [2.75, 3.05) is 43.1 Å². The number of fused-ring (bicyclic) bond motifs is 1. The quantitative estimate of drug-likeness (QED) is 0.710. The van der Waals surface area contributed by atoms with Crippen LogP contribution in [-0.4, -0.2) is 58.2 Å². The molecule has 1 aliphatic rings. The molecular formula is C16H17N7O. The van der Waals surface area contributed by atoms with Crippen LogP contribution in [0, 0.1) is 0 Å². The summed E-state index contributed by atoms with van der Waals surface area (Å²) < 4.78 is 5.17. The van der Waals surface area contributed by atoms with Gasteiger partial charge in [0.15, 0.2) is 0 Å². The molecule has 1 saturated heterocycles. The van der Waals surface area contributed by atoms with Crippen LogP contribution < -0.4 is 14.5 Å². The summed E-state index contributed by atoms with van der Waals surface area (Å²) >= 11 is 0. The first kappa shape index (κ1) is 14.6. The third kappa shape index (κ3) is 2.66. The first-order valence-electron chi connectivity index (χ1n) is 7.76. The van der Waals surface area contributed by atoms with Crippen LogP contribution in [0.2, 0.25) is 0 Å². The largest absolute Gasteiger partial charge is 0.481 e. The number of aromatic nitrogens is 5. The van der Waals surface area contributed by atoms with E-state index in [0.717, 1.165) is 48.7 Å². The molecule has 0 amide bonds. The maximum Gasteiger partial charge on any atom is 0.218 e. The second-order valence-electron chi connectivity index (χ2n) is 5.48. The lowest BCUT2D eigenvalue weighted by atomic mass is 10.2. The molecule has 0 N–H and O–H groups in total. The fourth-order valence-corrected chi connectivity index (χ4v) is 2.91. The molecule has 0 radical (unpaired) electrons. The second-order valence-corrected chi connectivity index (χ2v) is 5.48. The van der Waals surface area contributed by atoms with Gasteiger partial charge in [0.1, 0.15) is 24.3 Å². The van der Waals surface area contributed by atoms with Crippen molar-refractivity contribution in [3.8, 4) is 5.88 Å². The normalized spacial score (nSPS) is 14.9. The Hall–Kier alpha value is -3.03. The number of pyridine rings is 1. The van der Waals surface area contributed by atoms with Crippen LogP contribution in [0.5, 0.6) is 5.88 Å². The van der Waals surface area contributed by atoms with E-state index >= 15 is 0 Å². The molecule has 0 spiro atoms. The summed E-state index contributed by atoms with van der Waals surface area (Å²) in [7, 11) is 1.61. The van der Waals surface area contributed by atoms with Gasteiger partial charge < -0.3 is 14.5 Å². The molecular weight excluding hydrogens is 306 g/mol.